The average Bonchev–Trinajstić information content (AvgIpc) is 3.08. The Kier molecular flexibility index (Phi) is 6.01. The highest BCUT2D eigenvalue weighted by atomic mass is 32.2. The number of hydrogen-bond acceptors (Lipinski definition) is 6. The summed E-state index contributed by atoms with van der Waals surface area (Å²) in [5.74, 6) is -2.14. The first-order valence-electron chi connectivity index (χ1n) is 8.23. The van der Waals surface area contributed by atoms with E-state index in [0.717, 1.165) is 23.9 Å². The second-order valence-corrected chi connectivity index (χ2v) is 6.43. The van der Waals surface area contributed by atoms with Gasteiger partial charge in [0.1, 0.15) is 16.7 Å². The molecule has 0 N–H and O–H groups in total. The zero-order valence-electron chi connectivity index (χ0n) is 14.7. The lowest BCUT2D eigenvalue weighted by atomic mass is 10.1. The maximum Gasteiger partial charge on any atom is 0.316 e. The number of rotatable bonds is 6. The minimum atomic E-state index is -1.05. The molecule has 0 spiro atoms. The van der Waals surface area contributed by atoms with E-state index in [1.54, 1.807) is 31.3 Å². The molecule has 3 aromatic rings. The second-order valence-electron chi connectivity index (χ2n) is 5.46. The van der Waals surface area contributed by atoms with Crippen molar-refractivity contribution in [3.05, 3.63) is 59.8 Å². The molecule has 6 nitrogen and oxygen atoms in total. The smallest absolute Gasteiger partial charge is 0.316 e. The van der Waals surface area contributed by atoms with Crippen molar-refractivity contribution in [1.82, 2.24) is 14.8 Å². The zero-order valence-corrected chi connectivity index (χ0v) is 15.5. The van der Waals surface area contributed by atoms with Crippen molar-refractivity contribution in [1.29, 1.82) is 5.26 Å². The molecule has 0 aliphatic heterocycles. The maximum absolute atomic E-state index is 13.8. The molecule has 9 heteroatoms. The fraction of sp³-hybridized carbons (Fsp3) is 0.158. The van der Waals surface area contributed by atoms with E-state index in [1.807, 2.05) is 6.07 Å². The predicted molar refractivity (Wildman–Crippen MR) is 98.8 cm³/mol. The van der Waals surface area contributed by atoms with E-state index >= 15 is 0 Å². The molecule has 0 atom stereocenters. The standard InChI is InChI=1S/C19H14F2N4O2S/c1-2-27-17(26)11-28-19-13(10-22)18(12-6-7-14(20)15(21)9-12)25(24-19)16-5-3-4-8-23-16/h3-9H,2,11H2,1H3. The van der Waals surface area contributed by atoms with Crippen LogP contribution in [0.3, 0.4) is 0 Å². The molecule has 28 heavy (non-hydrogen) atoms. The van der Waals surface area contributed by atoms with E-state index in [-0.39, 0.29) is 34.2 Å². The Morgan fingerprint density at radius 3 is 2.75 bits per heavy atom. The number of carbonyl (C=O) groups excluding carboxylic acids is 1. The molecule has 2 aromatic heterocycles. The van der Waals surface area contributed by atoms with Gasteiger partial charge in [0.2, 0.25) is 0 Å². The summed E-state index contributed by atoms with van der Waals surface area (Å²) in [6.45, 7) is 1.94. The Morgan fingerprint density at radius 1 is 1.29 bits per heavy atom. The summed E-state index contributed by atoms with van der Waals surface area (Å²) in [5, 5.41) is 14.3. The number of nitrogens with zero attached hydrogens (tertiary/aromatic N) is 4. The highest BCUT2D eigenvalue weighted by Gasteiger charge is 2.23. The number of aromatic nitrogens is 3. The number of thioether (sulfide) groups is 1. The molecule has 0 saturated carbocycles. The van der Waals surface area contributed by atoms with Gasteiger partial charge in [-0.05, 0) is 37.3 Å². The van der Waals surface area contributed by atoms with Crippen LogP contribution in [0.15, 0.2) is 47.6 Å². The number of ether oxygens (including phenoxy) is 1. The molecular weight excluding hydrogens is 386 g/mol. The largest absolute Gasteiger partial charge is 0.465 e. The molecule has 0 aliphatic carbocycles. The topological polar surface area (TPSA) is 80.8 Å². The number of benzene rings is 1. The quantitative estimate of drug-likeness (QED) is 0.463. The number of carbonyl (C=O) groups is 1. The highest BCUT2D eigenvalue weighted by molar-refractivity contribution is 7.99. The van der Waals surface area contributed by atoms with Gasteiger partial charge in [-0.1, -0.05) is 17.8 Å². The molecule has 3 rings (SSSR count). The molecule has 2 heterocycles. The summed E-state index contributed by atoms with van der Waals surface area (Å²) in [4.78, 5) is 15.9. The van der Waals surface area contributed by atoms with Gasteiger partial charge in [-0.3, -0.25) is 4.79 Å². The Hall–Kier alpha value is -3.25. The van der Waals surface area contributed by atoms with Crippen molar-refractivity contribution in [2.45, 2.75) is 11.9 Å². The SMILES string of the molecule is CCOC(=O)CSc1nn(-c2ccccn2)c(-c2ccc(F)c(F)c2)c1C#N. The van der Waals surface area contributed by atoms with E-state index in [2.05, 4.69) is 10.1 Å². The predicted octanol–water partition coefficient (Wildman–Crippen LogP) is 3.74. The first-order valence-corrected chi connectivity index (χ1v) is 9.22. The Labute approximate surface area is 163 Å². The average molecular weight is 400 g/mol. The van der Waals surface area contributed by atoms with Gasteiger partial charge in [-0.2, -0.15) is 10.4 Å². The van der Waals surface area contributed by atoms with Crippen molar-refractivity contribution >= 4 is 17.7 Å². The molecule has 142 valence electrons. The fourth-order valence-corrected chi connectivity index (χ4v) is 3.25. The van der Waals surface area contributed by atoms with Crippen LogP contribution in [0.2, 0.25) is 0 Å². The van der Waals surface area contributed by atoms with Crippen LogP contribution < -0.4 is 0 Å². The first kappa shape index (κ1) is 19.5. The molecule has 0 fully saturated rings. The lowest BCUT2D eigenvalue weighted by molar-refractivity contribution is -0.139. The Balaban J connectivity index is 2.13. The Bertz CT molecular complexity index is 1050. The summed E-state index contributed by atoms with van der Waals surface area (Å²) in [6.07, 6.45) is 1.55. The van der Waals surface area contributed by atoms with Crippen molar-refractivity contribution < 1.29 is 18.3 Å². The van der Waals surface area contributed by atoms with Gasteiger partial charge in [0.05, 0.1) is 18.1 Å². The van der Waals surface area contributed by atoms with Gasteiger partial charge in [0.15, 0.2) is 17.5 Å². The van der Waals surface area contributed by atoms with Gasteiger partial charge in [0.25, 0.3) is 0 Å². The third-order valence-corrected chi connectivity index (χ3v) is 4.60. The van der Waals surface area contributed by atoms with E-state index in [0.29, 0.717) is 5.82 Å². The van der Waals surface area contributed by atoms with Crippen LogP contribution in [0.25, 0.3) is 17.1 Å². The highest BCUT2D eigenvalue weighted by Crippen LogP contribution is 2.33. The zero-order chi connectivity index (χ0) is 20.1. The molecule has 0 radical (unpaired) electrons. The van der Waals surface area contributed by atoms with Crippen molar-refractivity contribution in [2.75, 3.05) is 12.4 Å². The molecular formula is C19H14F2N4O2S. The third-order valence-electron chi connectivity index (χ3n) is 3.66. The van der Waals surface area contributed by atoms with Crippen molar-refractivity contribution in [2.24, 2.45) is 0 Å². The summed E-state index contributed by atoms with van der Waals surface area (Å²) in [6, 6.07) is 10.5. The molecule has 0 amide bonds. The van der Waals surface area contributed by atoms with Crippen molar-refractivity contribution in [3.63, 3.8) is 0 Å². The van der Waals surface area contributed by atoms with Crippen LogP contribution in [-0.2, 0) is 9.53 Å². The fourth-order valence-electron chi connectivity index (χ4n) is 2.48. The van der Waals surface area contributed by atoms with Crippen molar-refractivity contribution in [3.8, 4) is 23.1 Å². The van der Waals surface area contributed by atoms with Crippen LogP contribution in [0.5, 0.6) is 0 Å². The monoisotopic (exact) mass is 400 g/mol. The number of pyridine rings is 1. The van der Waals surface area contributed by atoms with Crippen LogP contribution in [0, 0.1) is 23.0 Å². The number of hydrogen-bond donors (Lipinski definition) is 0. The van der Waals surface area contributed by atoms with Gasteiger partial charge >= 0.3 is 5.97 Å². The molecule has 0 aliphatic rings. The van der Waals surface area contributed by atoms with E-state index in [9.17, 15) is 18.8 Å². The summed E-state index contributed by atoms with van der Waals surface area (Å²) >= 11 is 1.03. The van der Waals surface area contributed by atoms with E-state index in [1.165, 1.54) is 10.7 Å². The van der Waals surface area contributed by atoms with Crippen LogP contribution >= 0.6 is 11.8 Å². The lowest BCUT2D eigenvalue weighted by Gasteiger charge is -2.07. The van der Waals surface area contributed by atoms with E-state index in [4.69, 9.17) is 4.74 Å². The Morgan fingerprint density at radius 2 is 2.11 bits per heavy atom. The minimum Gasteiger partial charge on any atom is -0.465 e. The second kappa shape index (κ2) is 8.63. The van der Waals surface area contributed by atoms with Gasteiger partial charge < -0.3 is 4.74 Å². The van der Waals surface area contributed by atoms with Crippen LogP contribution in [0.4, 0.5) is 8.78 Å². The summed E-state index contributed by atoms with van der Waals surface area (Å²) in [7, 11) is 0. The molecule has 0 bridgehead atoms. The third kappa shape index (κ3) is 4.02. The number of nitriles is 1. The van der Waals surface area contributed by atoms with Crippen LogP contribution in [0.1, 0.15) is 12.5 Å². The van der Waals surface area contributed by atoms with Gasteiger partial charge in [0, 0.05) is 11.8 Å². The van der Waals surface area contributed by atoms with Gasteiger partial charge in [-0.25, -0.2) is 18.4 Å². The maximum atomic E-state index is 13.8. The lowest BCUT2D eigenvalue weighted by Crippen LogP contribution is -2.06. The number of esters is 1. The van der Waals surface area contributed by atoms with Crippen LogP contribution in [-0.4, -0.2) is 33.1 Å². The summed E-state index contributed by atoms with van der Waals surface area (Å²) < 4.78 is 33.5. The number of halogens is 2. The normalized spacial score (nSPS) is 10.5. The molecule has 0 saturated heterocycles. The molecule has 0 unspecified atom stereocenters. The van der Waals surface area contributed by atoms with E-state index < -0.39 is 17.6 Å². The molecule has 1 aromatic carbocycles. The van der Waals surface area contributed by atoms with Gasteiger partial charge in [-0.15, -0.1) is 0 Å². The summed E-state index contributed by atoms with van der Waals surface area (Å²) in [5.41, 5.74) is 0.647. The first-order chi connectivity index (χ1) is 13.5. The minimum absolute atomic E-state index is 0.0427.